The molecule has 204 valence electrons. The van der Waals surface area contributed by atoms with Crippen molar-refractivity contribution < 1.29 is 0 Å². The molecule has 0 bridgehead atoms. The molecule has 0 aliphatic heterocycles. The van der Waals surface area contributed by atoms with Gasteiger partial charge in [-0.2, -0.15) is 0 Å². The Balaban J connectivity index is 1.52. The molecule has 8 aromatic carbocycles. The Kier molecular flexibility index (Phi) is 6.32. The van der Waals surface area contributed by atoms with Crippen LogP contribution in [0.1, 0.15) is 0 Å². The molecule has 0 saturated carbocycles. The summed E-state index contributed by atoms with van der Waals surface area (Å²) in [4.78, 5) is 0. The van der Waals surface area contributed by atoms with Crippen molar-refractivity contribution in [2.45, 2.75) is 0 Å². The summed E-state index contributed by atoms with van der Waals surface area (Å²) in [5.41, 5.74) is 7.61. The molecule has 0 radical (unpaired) electrons. The van der Waals surface area contributed by atoms with Crippen LogP contribution in [0.3, 0.4) is 0 Å². The van der Waals surface area contributed by atoms with Crippen molar-refractivity contribution in [3.05, 3.63) is 152 Å². The third-order valence-electron chi connectivity index (χ3n) is 8.75. The molecule has 0 N–H and O–H groups in total. The number of rotatable bonds is 4. The van der Waals surface area contributed by atoms with E-state index in [-0.39, 0.29) is 7.92 Å². The van der Waals surface area contributed by atoms with Crippen molar-refractivity contribution >= 4 is 56.3 Å². The fourth-order valence-electron chi connectivity index (χ4n) is 6.70. The van der Waals surface area contributed by atoms with Crippen LogP contribution in [-0.2, 0) is 0 Å². The lowest BCUT2D eigenvalue weighted by Crippen LogP contribution is -1.99. The molecular weight excluding hydrogens is 535 g/mol. The van der Waals surface area contributed by atoms with E-state index in [2.05, 4.69) is 165 Å². The Morgan fingerprint density at radius 1 is 0.326 bits per heavy atom. The van der Waals surface area contributed by atoms with Gasteiger partial charge >= 0.3 is 0 Å². The minimum Gasteiger partial charge on any atom is -0.0817 e. The molecule has 0 aliphatic rings. The maximum absolute atomic E-state index is 2.43. The molecule has 0 atom stereocenters. The monoisotopic (exact) mass is 566 g/mol. The fraction of sp³-hybridized carbons (Fsp3) is 0.0476. The van der Waals surface area contributed by atoms with E-state index in [1.54, 1.807) is 0 Å². The van der Waals surface area contributed by atoms with Crippen LogP contribution in [0, 0.1) is 0 Å². The molecule has 8 rings (SSSR count). The number of fused-ring (bicyclic) bond motifs is 4. The quantitative estimate of drug-likeness (QED) is 0.147. The van der Waals surface area contributed by atoms with E-state index in [1.165, 1.54) is 81.8 Å². The van der Waals surface area contributed by atoms with Gasteiger partial charge in [0.2, 0.25) is 0 Å². The highest BCUT2D eigenvalue weighted by Gasteiger charge is 2.16. The summed E-state index contributed by atoms with van der Waals surface area (Å²) in [5, 5.41) is 11.6. The van der Waals surface area contributed by atoms with Gasteiger partial charge in [-0.15, -0.1) is 0 Å². The molecule has 0 amide bonds. The lowest BCUT2D eigenvalue weighted by Gasteiger charge is -2.18. The molecule has 0 aliphatic carbocycles. The van der Waals surface area contributed by atoms with Crippen LogP contribution in [0.4, 0.5) is 0 Å². The normalized spacial score (nSPS) is 11.7. The molecule has 1 heteroatoms. The van der Waals surface area contributed by atoms with Gasteiger partial charge < -0.3 is 0 Å². The van der Waals surface area contributed by atoms with Crippen LogP contribution in [0.15, 0.2) is 152 Å². The number of hydrogen-bond donors (Lipinski definition) is 0. The van der Waals surface area contributed by atoms with Crippen molar-refractivity contribution in [1.82, 2.24) is 0 Å². The predicted octanol–water partition coefficient (Wildman–Crippen LogP) is 11.7. The minimum absolute atomic E-state index is 0.199. The van der Waals surface area contributed by atoms with E-state index in [0.717, 1.165) is 0 Å². The summed E-state index contributed by atoms with van der Waals surface area (Å²) in [6.07, 6.45) is 0. The van der Waals surface area contributed by atoms with Crippen molar-refractivity contribution in [2.75, 3.05) is 13.3 Å². The second-order valence-electron chi connectivity index (χ2n) is 11.6. The van der Waals surface area contributed by atoms with Crippen LogP contribution < -0.4 is 5.30 Å². The average Bonchev–Trinajstić information content (AvgIpc) is 3.05. The highest BCUT2D eigenvalue weighted by atomic mass is 31.1. The summed E-state index contributed by atoms with van der Waals surface area (Å²) in [7, 11) is -0.199. The predicted molar refractivity (Wildman–Crippen MR) is 191 cm³/mol. The second-order valence-corrected chi connectivity index (χ2v) is 13.9. The molecule has 8 aromatic rings. The molecule has 0 unspecified atom stereocenters. The summed E-state index contributed by atoms with van der Waals surface area (Å²) in [6.45, 7) is 4.67. The van der Waals surface area contributed by atoms with Crippen molar-refractivity contribution in [2.24, 2.45) is 0 Å². The van der Waals surface area contributed by atoms with Gasteiger partial charge in [0.1, 0.15) is 0 Å². The summed E-state index contributed by atoms with van der Waals surface area (Å²) in [5.74, 6) is 0. The van der Waals surface area contributed by atoms with E-state index in [4.69, 9.17) is 0 Å². The molecule has 43 heavy (non-hydrogen) atoms. The average molecular weight is 567 g/mol. The first kappa shape index (κ1) is 25.9. The zero-order chi connectivity index (χ0) is 28.9. The Bertz CT molecular complexity index is 2080. The van der Waals surface area contributed by atoms with E-state index >= 15 is 0 Å². The zero-order valence-corrected chi connectivity index (χ0v) is 25.3. The Hall–Kier alpha value is -4.77. The van der Waals surface area contributed by atoms with Crippen LogP contribution in [0.25, 0.3) is 76.5 Å². The molecule has 0 fully saturated rings. The van der Waals surface area contributed by atoms with Gasteiger partial charge in [-0.05, 0) is 132 Å². The van der Waals surface area contributed by atoms with Gasteiger partial charge in [0.25, 0.3) is 0 Å². The summed E-state index contributed by atoms with van der Waals surface area (Å²) >= 11 is 0. The van der Waals surface area contributed by atoms with E-state index in [9.17, 15) is 0 Å². The van der Waals surface area contributed by atoms with Gasteiger partial charge in [-0.1, -0.05) is 123 Å². The van der Waals surface area contributed by atoms with E-state index < -0.39 is 0 Å². The van der Waals surface area contributed by atoms with Crippen LogP contribution in [-0.4, -0.2) is 13.3 Å². The highest BCUT2D eigenvalue weighted by Crippen LogP contribution is 2.43. The van der Waals surface area contributed by atoms with E-state index in [1.807, 2.05) is 0 Å². The van der Waals surface area contributed by atoms with Gasteiger partial charge in [0, 0.05) is 0 Å². The topological polar surface area (TPSA) is 0 Å². The third kappa shape index (κ3) is 4.51. The molecule has 0 nitrogen and oxygen atoms in total. The Morgan fingerprint density at radius 2 is 0.721 bits per heavy atom. The highest BCUT2D eigenvalue weighted by molar-refractivity contribution is 7.64. The Morgan fingerprint density at radius 3 is 1.14 bits per heavy atom. The maximum atomic E-state index is 2.43. The largest absolute Gasteiger partial charge is 0.0817 e. The van der Waals surface area contributed by atoms with Crippen LogP contribution in [0.5, 0.6) is 0 Å². The van der Waals surface area contributed by atoms with E-state index in [0.29, 0.717) is 0 Å². The molecule has 0 saturated heterocycles. The van der Waals surface area contributed by atoms with Gasteiger partial charge in [-0.3, -0.25) is 0 Å². The lowest BCUT2D eigenvalue weighted by molar-refractivity contribution is 1.61. The SMILES string of the molecule is CP(C)c1cccc(-c2cc(-c3c4ccccc4cc4ccccc34)cc(-c3c4ccccc4cc4ccccc34)c2)c1. The van der Waals surface area contributed by atoms with Gasteiger partial charge in [0.15, 0.2) is 0 Å². The zero-order valence-electron chi connectivity index (χ0n) is 24.4. The van der Waals surface area contributed by atoms with Gasteiger partial charge in [0.05, 0.1) is 0 Å². The van der Waals surface area contributed by atoms with Gasteiger partial charge in [-0.25, -0.2) is 0 Å². The summed E-state index contributed by atoms with van der Waals surface area (Å²) in [6, 6.07) is 56.4. The maximum Gasteiger partial charge on any atom is -0.00264 e. The molecule has 0 heterocycles. The fourth-order valence-corrected chi connectivity index (χ4v) is 7.48. The number of hydrogen-bond acceptors (Lipinski definition) is 0. The first-order chi connectivity index (χ1) is 21.1. The third-order valence-corrected chi connectivity index (χ3v) is 10.1. The van der Waals surface area contributed by atoms with Crippen LogP contribution in [0.2, 0.25) is 0 Å². The lowest BCUT2D eigenvalue weighted by atomic mass is 9.86. The van der Waals surface area contributed by atoms with Crippen molar-refractivity contribution in [3.63, 3.8) is 0 Å². The first-order valence-corrected chi connectivity index (χ1v) is 17.1. The standard InChI is InChI=1S/C42H31P/c1-43(2)36-17-11-16-28(27-36)33-24-34(41-37-18-7-3-12-29(37)22-30-13-4-8-19-38(30)41)26-35(25-33)42-39-20-9-5-14-31(39)23-32-15-6-10-21-40(32)42/h3-27H,1-2H3. The van der Waals surface area contributed by atoms with Crippen LogP contribution >= 0.6 is 7.92 Å². The molecular formula is C42H31P. The smallest absolute Gasteiger partial charge is 0.00264 e. The Labute approximate surface area is 254 Å². The second kappa shape index (κ2) is 10.5. The molecule has 0 spiro atoms. The van der Waals surface area contributed by atoms with Crippen molar-refractivity contribution in [1.29, 1.82) is 0 Å². The minimum atomic E-state index is -0.199. The molecule has 0 aromatic heterocycles. The summed E-state index contributed by atoms with van der Waals surface area (Å²) < 4.78 is 0. The first-order valence-electron chi connectivity index (χ1n) is 14.9. The number of benzene rings is 8. The van der Waals surface area contributed by atoms with Crippen molar-refractivity contribution in [3.8, 4) is 33.4 Å².